The summed E-state index contributed by atoms with van der Waals surface area (Å²) in [7, 11) is 0. The molecule has 0 unspecified atom stereocenters. The molecule has 0 fully saturated rings. The number of hydrogen-bond donors (Lipinski definition) is 0. The van der Waals surface area contributed by atoms with E-state index in [1.165, 1.54) is 0 Å². The Morgan fingerprint density at radius 2 is 0.529 bits per heavy atom. The first kappa shape index (κ1) is 30.5. The standard InChI is InChI=1S/4C3H7O.Ru/c4*1-2-3-4;/h4*2-3H2,1H3;/q4*-1;+4. The fourth-order valence-electron chi connectivity index (χ4n) is 0. The molecule has 0 atom stereocenters. The maximum Gasteiger partial charge on any atom is 4.00 e. The predicted molar refractivity (Wildman–Crippen MR) is 60.6 cm³/mol. The second-order valence-corrected chi connectivity index (χ2v) is 2.82. The van der Waals surface area contributed by atoms with Gasteiger partial charge in [-0.05, 0) is 0 Å². The zero-order chi connectivity index (χ0) is 13.7. The van der Waals surface area contributed by atoms with Crippen LogP contribution in [-0.2, 0) is 19.5 Å². The van der Waals surface area contributed by atoms with Crippen molar-refractivity contribution in [1.29, 1.82) is 0 Å². The zero-order valence-electron chi connectivity index (χ0n) is 11.6. The van der Waals surface area contributed by atoms with Crippen LogP contribution in [-0.4, -0.2) is 26.4 Å². The molecule has 0 N–H and O–H groups in total. The molecule has 0 saturated carbocycles. The topological polar surface area (TPSA) is 92.2 Å². The molecule has 0 saturated heterocycles. The van der Waals surface area contributed by atoms with Crippen molar-refractivity contribution in [2.45, 2.75) is 53.4 Å². The van der Waals surface area contributed by atoms with Crippen LogP contribution in [0.2, 0.25) is 0 Å². The van der Waals surface area contributed by atoms with Gasteiger partial charge in [0.15, 0.2) is 0 Å². The second-order valence-electron chi connectivity index (χ2n) is 2.82. The van der Waals surface area contributed by atoms with Crippen molar-refractivity contribution in [2.75, 3.05) is 26.4 Å². The number of hydrogen-bond acceptors (Lipinski definition) is 4. The average molecular weight is 337 g/mol. The Hall–Kier alpha value is 0.463. The Morgan fingerprint density at radius 1 is 0.471 bits per heavy atom. The van der Waals surface area contributed by atoms with Gasteiger partial charge in [0.25, 0.3) is 0 Å². The van der Waals surface area contributed by atoms with Crippen molar-refractivity contribution < 1.29 is 39.9 Å². The minimum absolute atomic E-state index is 0. The van der Waals surface area contributed by atoms with E-state index in [1.807, 2.05) is 27.7 Å². The van der Waals surface area contributed by atoms with Gasteiger partial charge < -0.3 is 20.4 Å². The molecule has 4 nitrogen and oxygen atoms in total. The Balaban J connectivity index is -0.0000000369. The summed E-state index contributed by atoms with van der Waals surface area (Å²) in [4.78, 5) is 0. The first-order valence-electron chi connectivity index (χ1n) is 5.98. The van der Waals surface area contributed by atoms with Crippen LogP contribution in [0.4, 0.5) is 0 Å². The zero-order valence-corrected chi connectivity index (χ0v) is 13.4. The van der Waals surface area contributed by atoms with Gasteiger partial charge in [0.05, 0.1) is 0 Å². The van der Waals surface area contributed by atoms with Gasteiger partial charge in [0.2, 0.25) is 0 Å². The third-order valence-electron chi connectivity index (χ3n) is 0.816. The van der Waals surface area contributed by atoms with Crippen molar-refractivity contribution in [2.24, 2.45) is 0 Å². The van der Waals surface area contributed by atoms with E-state index in [1.54, 1.807) is 0 Å². The van der Waals surface area contributed by atoms with Gasteiger partial charge in [0, 0.05) is 0 Å². The Labute approximate surface area is 120 Å². The van der Waals surface area contributed by atoms with Crippen LogP contribution in [0.15, 0.2) is 0 Å². The van der Waals surface area contributed by atoms with E-state index in [0.717, 1.165) is 25.7 Å². The molecule has 0 amide bonds. The Kier molecular flexibility index (Phi) is 98.5. The summed E-state index contributed by atoms with van der Waals surface area (Å²) in [5.74, 6) is 0. The first-order chi connectivity index (χ1) is 7.66. The van der Waals surface area contributed by atoms with Gasteiger partial charge in [-0.3, -0.25) is 0 Å². The van der Waals surface area contributed by atoms with Crippen LogP contribution in [0.5, 0.6) is 0 Å². The van der Waals surface area contributed by atoms with Gasteiger partial charge in [-0.15, -0.1) is 26.4 Å². The van der Waals surface area contributed by atoms with E-state index in [4.69, 9.17) is 0 Å². The second kappa shape index (κ2) is 55.0. The van der Waals surface area contributed by atoms with E-state index in [2.05, 4.69) is 0 Å². The summed E-state index contributed by atoms with van der Waals surface area (Å²) >= 11 is 0. The maximum atomic E-state index is 9.30. The van der Waals surface area contributed by atoms with Gasteiger partial charge in [-0.25, -0.2) is 0 Å². The van der Waals surface area contributed by atoms with Crippen molar-refractivity contribution in [3.8, 4) is 0 Å². The van der Waals surface area contributed by atoms with Crippen molar-refractivity contribution >= 4 is 0 Å². The van der Waals surface area contributed by atoms with Crippen LogP contribution in [0.1, 0.15) is 53.4 Å². The monoisotopic (exact) mass is 338 g/mol. The van der Waals surface area contributed by atoms with E-state index < -0.39 is 0 Å². The molecule has 17 heavy (non-hydrogen) atoms. The SMILES string of the molecule is CCC[O-].CCC[O-].CCC[O-].CCC[O-].[Ru+4]. The summed E-state index contributed by atoms with van der Waals surface area (Å²) in [5.41, 5.74) is 0. The van der Waals surface area contributed by atoms with Crippen LogP contribution in [0, 0.1) is 0 Å². The van der Waals surface area contributed by atoms with Crippen molar-refractivity contribution in [1.82, 2.24) is 0 Å². The van der Waals surface area contributed by atoms with Gasteiger partial charge in [-0.1, -0.05) is 53.4 Å². The van der Waals surface area contributed by atoms with E-state index in [0.29, 0.717) is 0 Å². The molecule has 0 aliphatic carbocycles. The summed E-state index contributed by atoms with van der Waals surface area (Å²) < 4.78 is 0. The van der Waals surface area contributed by atoms with Gasteiger partial charge in [-0.2, -0.15) is 0 Å². The molecule has 0 aliphatic heterocycles. The molecule has 0 spiro atoms. The normalized spacial score (nSPS) is 7.06. The van der Waals surface area contributed by atoms with E-state index in [9.17, 15) is 20.4 Å². The predicted octanol–water partition coefficient (Wildman–Crippen LogP) is -0.976. The molecule has 0 radical (unpaired) electrons. The molecule has 0 aliphatic rings. The van der Waals surface area contributed by atoms with Gasteiger partial charge >= 0.3 is 19.5 Å². The molecule has 0 bridgehead atoms. The average Bonchev–Trinajstić information content (AvgIpc) is 2.39. The smallest absolute Gasteiger partial charge is 0.854 e. The summed E-state index contributed by atoms with van der Waals surface area (Å²) in [6.07, 6.45) is 3.06. The fourth-order valence-corrected chi connectivity index (χ4v) is 0. The van der Waals surface area contributed by atoms with Crippen molar-refractivity contribution in [3.63, 3.8) is 0 Å². The number of rotatable bonds is 4. The van der Waals surface area contributed by atoms with Crippen molar-refractivity contribution in [3.05, 3.63) is 0 Å². The van der Waals surface area contributed by atoms with Gasteiger partial charge in [0.1, 0.15) is 0 Å². The van der Waals surface area contributed by atoms with Crippen LogP contribution < -0.4 is 20.4 Å². The quantitative estimate of drug-likeness (QED) is 0.617. The third-order valence-corrected chi connectivity index (χ3v) is 0.816. The van der Waals surface area contributed by atoms with Crippen LogP contribution in [0.3, 0.4) is 0 Å². The molecular weight excluding hydrogens is 309 g/mol. The van der Waals surface area contributed by atoms with E-state index >= 15 is 0 Å². The minimum Gasteiger partial charge on any atom is -0.854 e. The summed E-state index contributed by atoms with van der Waals surface area (Å²) in [5, 5.41) is 37.2. The Bertz CT molecular complexity index is 42.5. The third kappa shape index (κ3) is 173. The van der Waals surface area contributed by atoms with Crippen LogP contribution in [0.25, 0.3) is 0 Å². The van der Waals surface area contributed by atoms with Crippen LogP contribution >= 0.6 is 0 Å². The molecule has 0 aromatic heterocycles. The molecule has 0 heterocycles. The summed E-state index contributed by atoms with van der Waals surface area (Å²) in [6, 6.07) is 0. The largest absolute Gasteiger partial charge is 4.00 e. The molecule has 0 aromatic rings. The molecular formula is C12H28O4Ru. The summed E-state index contributed by atoms with van der Waals surface area (Å²) in [6.45, 7) is 7.75. The molecule has 0 rings (SSSR count). The fraction of sp³-hybridized carbons (Fsp3) is 1.00. The molecule has 108 valence electrons. The van der Waals surface area contributed by atoms with E-state index in [-0.39, 0.29) is 45.9 Å². The maximum absolute atomic E-state index is 9.30. The molecule has 0 aromatic carbocycles. The Morgan fingerprint density at radius 3 is 0.529 bits per heavy atom. The minimum atomic E-state index is 0. The molecule has 5 heteroatoms. The first-order valence-corrected chi connectivity index (χ1v) is 5.98.